The van der Waals surface area contributed by atoms with Crippen molar-refractivity contribution in [1.29, 1.82) is 0 Å². The number of carbonyl (C=O) groups is 3. The van der Waals surface area contributed by atoms with Crippen LogP contribution in [0.15, 0.2) is 0 Å². The maximum Gasteiger partial charge on any atom is 0.412 e. The Morgan fingerprint density at radius 1 is 1.13 bits per heavy atom. The van der Waals surface area contributed by atoms with Gasteiger partial charge >= 0.3 is 18.2 Å². The lowest BCUT2D eigenvalue weighted by atomic mass is 10.2. The lowest BCUT2D eigenvalue weighted by molar-refractivity contribution is -0.153. The fraction of sp³-hybridized carbons (Fsp3) is 0.571. The Morgan fingerprint density at radius 3 is 2.00 bits per heavy atom. The van der Waals surface area contributed by atoms with Crippen molar-refractivity contribution in [1.82, 2.24) is 0 Å². The summed E-state index contributed by atoms with van der Waals surface area (Å²) >= 11 is 0. The Labute approximate surface area is 85.4 Å². The molecule has 0 radical (unpaired) electrons. The van der Waals surface area contributed by atoms with Crippen LogP contribution in [-0.2, 0) is 19.0 Å². The zero-order valence-corrected chi connectivity index (χ0v) is 8.26. The number of hydrogen-bond donors (Lipinski definition) is 2. The SMILES string of the molecule is COC(C)C(OC(N)=O)C(=O)OC(N)=O. The van der Waals surface area contributed by atoms with Crippen LogP contribution in [0.4, 0.5) is 9.59 Å². The van der Waals surface area contributed by atoms with Gasteiger partial charge in [-0.1, -0.05) is 0 Å². The summed E-state index contributed by atoms with van der Waals surface area (Å²) in [4.78, 5) is 31.9. The molecule has 0 aromatic carbocycles. The highest BCUT2D eigenvalue weighted by Crippen LogP contribution is 2.05. The number of hydrogen-bond acceptors (Lipinski definition) is 6. The van der Waals surface area contributed by atoms with Gasteiger partial charge < -0.3 is 25.7 Å². The number of ether oxygens (including phenoxy) is 3. The Hall–Kier alpha value is -1.83. The maximum atomic E-state index is 11.2. The van der Waals surface area contributed by atoms with Crippen LogP contribution in [0.3, 0.4) is 0 Å². The largest absolute Gasteiger partial charge is 0.432 e. The Balaban J connectivity index is 4.54. The van der Waals surface area contributed by atoms with Crippen LogP contribution in [-0.4, -0.2) is 37.5 Å². The normalized spacial score (nSPS) is 13.7. The van der Waals surface area contributed by atoms with Gasteiger partial charge in [-0.25, -0.2) is 14.4 Å². The van der Waals surface area contributed by atoms with Crippen molar-refractivity contribution in [3.8, 4) is 0 Å². The predicted octanol–water partition coefficient (Wildman–Crippen LogP) is -0.893. The Kier molecular flexibility index (Phi) is 5.10. The number of nitrogens with two attached hydrogens (primary N) is 2. The van der Waals surface area contributed by atoms with E-state index in [1.54, 1.807) is 0 Å². The average molecular weight is 220 g/mol. The van der Waals surface area contributed by atoms with E-state index in [0.717, 1.165) is 0 Å². The summed E-state index contributed by atoms with van der Waals surface area (Å²) in [6.07, 6.45) is -4.74. The van der Waals surface area contributed by atoms with E-state index in [-0.39, 0.29) is 0 Å². The van der Waals surface area contributed by atoms with Crippen LogP contribution in [0.25, 0.3) is 0 Å². The van der Waals surface area contributed by atoms with Gasteiger partial charge in [-0.3, -0.25) is 0 Å². The number of rotatable bonds is 4. The molecule has 8 heteroatoms. The van der Waals surface area contributed by atoms with Crippen molar-refractivity contribution >= 4 is 18.2 Å². The first-order chi connectivity index (χ1) is 6.88. The molecule has 15 heavy (non-hydrogen) atoms. The number of methoxy groups -OCH3 is 1. The summed E-state index contributed by atoms with van der Waals surface area (Å²) in [5.41, 5.74) is 9.32. The van der Waals surface area contributed by atoms with Gasteiger partial charge in [0.05, 0.1) is 0 Å². The molecule has 0 heterocycles. The molecule has 0 rings (SSSR count). The second kappa shape index (κ2) is 5.81. The van der Waals surface area contributed by atoms with E-state index in [9.17, 15) is 14.4 Å². The molecule has 0 fully saturated rings. The van der Waals surface area contributed by atoms with Gasteiger partial charge in [-0.15, -0.1) is 0 Å². The summed E-state index contributed by atoms with van der Waals surface area (Å²) in [5.74, 6) is -1.14. The molecule has 86 valence electrons. The molecular formula is C7H12N2O6. The molecule has 0 aromatic heterocycles. The molecule has 0 saturated carbocycles. The van der Waals surface area contributed by atoms with Crippen LogP contribution in [0.5, 0.6) is 0 Å². The Bertz CT molecular complexity index is 266. The highest BCUT2D eigenvalue weighted by Gasteiger charge is 2.31. The van der Waals surface area contributed by atoms with Crippen molar-refractivity contribution < 1.29 is 28.6 Å². The third-order valence-corrected chi connectivity index (χ3v) is 1.47. The maximum absolute atomic E-state index is 11.2. The van der Waals surface area contributed by atoms with Gasteiger partial charge in [0.15, 0.2) is 0 Å². The summed E-state index contributed by atoms with van der Waals surface area (Å²) in [6, 6.07) is 0. The minimum Gasteiger partial charge on any atom is -0.432 e. The molecular weight excluding hydrogens is 208 g/mol. The minimum absolute atomic E-state index is 0.815. The van der Waals surface area contributed by atoms with Crippen LogP contribution in [0.1, 0.15) is 6.92 Å². The number of carbonyl (C=O) groups excluding carboxylic acids is 3. The number of amides is 2. The lowest BCUT2D eigenvalue weighted by Gasteiger charge is -2.19. The fourth-order valence-corrected chi connectivity index (χ4v) is 0.742. The van der Waals surface area contributed by atoms with Gasteiger partial charge in [0.1, 0.15) is 6.10 Å². The quantitative estimate of drug-likeness (QED) is 0.466. The lowest BCUT2D eigenvalue weighted by Crippen LogP contribution is -2.41. The molecule has 0 aliphatic heterocycles. The summed E-state index contributed by atoms with van der Waals surface area (Å²) in [6.45, 7) is 1.43. The second-order valence-corrected chi connectivity index (χ2v) is 2.54. The third-order valence-electron chi connectivity index (χ3n) is 1.47. The third kappa shape index (κ3) is 4.81. The molecule has 0 aliphatic rings. The summed E-state index contributed by atoms with van der Waals surface area (Å²) in [7, 11) is 1.28. The Morgan fingerprint density at radius 2 is 1.67 bits per heavy atom. The standard InChI is InChI=1S/C7H12N2O6/c1-3(13-2)4(14-6(8)11)5(10)15-7(9)12/h3-4H,1-2H3,(H2,8,11)(H2,9,12). The molecule has 0 bridgehead atoms. The molecule has 2 atom stereocenters. The molecule has 0 saturated heterocycles. The van der Waals surface area contributed by atoms with E-state index in [4.69, 9.17) is 10.5 Å². The van der Waals surface area contributed by atoms with Crippen LogP contribution >= 0.6 is 0 Å². The van der Waals surface area contributed by atoms with E-state index in [1.165, 1.54) is 14.0 Å². The average Bonchev–Trinajstić information content (AvgIpc) is 2.11. The topological polar surface area (TPSA) is 131 Å². The van der Waals surface area contributed by atoms with Gasteiger partial charge in [0, 0.05) is 7.11 Å². The van der Waals surface area contributed by atoms with Gasteiger partial charge in [-0.05, 0) is 6.92 Å². The first-order valence-electron chi connectivity index (χ1n) is 3.88. The van der Waals surface area contributed by atoms with Crippen molar-refractivity contribution in [3.05, 3.63) is 0 Å². The van der Waals surface area contributed by atoms with Crippen molar-refractivity contribution in [2.75, 3.05) is 7.11 Å². The zero-order chi connectivity index (χ0) is 12.0. The summed E-state index contributed by atoms with van der Waals surface area (Å²) in [5, 5.41) is 0. The summed E-state index contributed by atoms with van der Waals surface area (Å²) < 4.78 is 13.2. The van der Waals surface area contributed by atoms with Crippen LogP contribution in [0.2, 0.25) is 0 Å². The second-order valence-electron chi connectivity index (χ2n) is 2.54. The highest BCUT2D eigenvalue weighted by atomic mass is 16.6. The van der Waals surface area contributed by atoms with Crippen molar-refractivity contribution in [2.24, 2.45) is 11.5 Å². The highest BCUT2D eigenvalue weighted by molar-refractivity contribution is 5.88. The van der Waals surface area contributed by atoms with Crippen molar-refractivity contribution in [3.63, 3.8) is 0 Å². The smallest absolute Gasteiger partial charge is 0.412 e. The molecule has 0 aliphatic carbocycles. The van der Waals surface area contributed by atoms with E-state index in [1.807, 2.05) is 0 Å². The van der Waals surface area contributed by atoms with Gasteiger partial charge in [0.2, 0.25) is 6.10 Å². The van der Waals surface area contributed by atoms with Gasteiger partial charge in [-0.2, -0.15) is 0 Å². The van der Waals surface area contributed by atoms with E-state index in [2.05, 4.69) is 15.2 Å². The van der Waals surface area contributed by atoms with Crippen LogP contribution in [0, 0.1) is 0 Å². The first-order valence-corrected chi connectivity index (χ1v) is 3.88. The van der Waals surface area contributed by atoms with Crippen LogP contribution < -0.4 is 11.5 Å². The molecule has 2 unspecified atom stereocenters. The monoisotopic (exact) mass is 220 g/mol. The first kappa shape index (κ1) is 13.2. The van der Waals surface area contributed by atoms with Crippen molar-refractivity contribution in [2.45, 2.75) is 19.1 Å². The number of esters is 1. The fourth-order valence-electron chi connectivity index (χ4n) is 0.742. The van der Waals surface area contributed by atoms with Gasteiger partial charge in [0.25, 0.3) is 0 Å². The van der Waals surface area contributed by atoms with E-state index in [0.29, 0.717) is 0 Å². The molecule has 0 aromatic rings. The minimum atomic E-state index is -1.43. The van der Waals surface area contributed by atoms with E-state index < -0.39 is 30.4 Å². The molecule has 2 amide bonds. The molecule has 8 nitrogen and oxygen atoms in total. The molecule has 0 spiro atoms. The number of primary amides is 2. The predicted molar refractivity (Wildman–Crippen MR) is 46.6 cm³/mol. The molecule has 4 N–H and O–H groups in total. The zero-order valence-electron chi connectivity index (χ0n) is 8.26. The van der Waals surface area contributed by atoms with E-state index >= 15 is 0 Å².